The van der Waals surface area contributed by atoms with E-state index in [4.69, 9.17) is 4.42 Å². The normalized spacial score (nSPS) is 14.2. The zero-order valence-corrected chi connectivity index (χ0v) is 12.7. The number of carbonyl (C=O) groups is 1. The van der Waals surface area contributed by atoms with Gasteiger partial charge in [0, 0.05) is 0 Å². The lowest BCUT2D eigenvalue weighted by Crippen LogP contribution is -2.38. The summed E-state index contributed by atoms with van der Waals surface area (Å²) < 4.78 is 5.18. The molecular weight excluding hydrogens is 274 g/mol. The summed E-state index contributed by atoms with van der Waals surface area (Å²) in [4.78, 5) is 12.9. The van der Waals surface area contributed by atoms with Gasteiger partial charge in [0.25, 0.3) is 5.91 Å². The summed E-state index contributed by atoms with van der Waals surface area (Å²) in [5.74, 6) is 0.580. The van der Waals surface area contributed by atoms with Gasteiger partial charge in [-0.3, -0.25) is 4.79 Å². The van der Waals surface area contributed by atoms with E-state index in [0.717, 1.165) is 5.56 Å². The van der Waals surface area contributed by atoms with Gasteiger partial charge in [0.1, 0.15) is 11.4 Å². The Morgan fingerprint density at radius 1 is 1.50 bits per heavy atom. The maximum Gasteiger partial charge on any atom is 0.261 e. The number of carbonyl (C=O) groups excluding carboxylic acids is 1. The molecule has 0 aromatic carbocycles. The smallest absolute Gasteiger partial charge is 0.261 e. The van der Waals surface area contributed by atoms with Crippen molar-refractivity contribution in [1.82, 2.24) is 5.32 Å². The van der Waals surface area contributed by atoms with Crippen molar-refractivity contribution in [3.05, 3.63) is 46.0 Å². The van der Waals surface area contributed by atoms with Crippen molar-refractivity contribution in [1.29, 1.82) is 0 Å². The molecule has 2 heterocycles. The summed E-state index contributed by atoms with van der Waals surface area (Å²) in [5.41, 5.74) is -0.181. The lowest BCUT2D eigenvalue weighted by atomic mass is 10.0. The van der Waals surface area contributed by atoms with E-state index < -0.39 is 5.60 Å². The highest BCUT2D eigenvalue weighted by atomic mass is 32.1. The van der Waals surface area contributed by atoms with Crippen LogP contribution < -0.4 is 5.32 Å². The fourth-order valence-electron chi connectivity index (χ4n) is 1.96. The minimum Gasteiger partial charge on any atom is -0.466 e. The molecule has 5 heteroatoms. The summed E-state index contributed by atoms with van der Waals surface area (Å²) in [6.45, 7) is 5.83. The lowest BCUT2D eigenvalue weighted by Gasteiger charge is -2.21. The molecule has 2 aromatic rings. The zero-order valence-electron chi connectivity index (χ0n) is 11.8. The Labute approximate surface area is 122 Å². The van der Waals surface area contributed by atoms with Gasteiger partial charge in [-0.05, 0) is 42.0 Å². The third kappa shape index (κ3) is 3.11. The van der Waals surface area contributed by atoms with Gasteiger partial charge >= 0.3 is 0 Å². The molecule has 20 heavy (non-hydrogen) atoms. The van der Waals surface area contributed by atoms with Crippen molar-refractivity contribution in [2.24, 2.45) is 0 Å². The highest BCUT2D eigenvalue weighted by molar-refractivity contribution is 7.12. The lowest BCUT2D eigenvalue weighted by molar-refractivity contribution is 0.0331. The van der Waals surface area contributed by atoms with Crippen LogP contribution in [-0.4, -0.2) is 17.6 Å². The van der Waals surface area contributed by atoms with Crippen LogP contribution in [0, 0.1) is 0 Å². The van der Waals surface area contributed by atoms with Crippen LogP contribution in [0.5, 0.6) is 0 Å². The number of aliphatic hydroxyl groups is 1. The highest BCUT2D eigenvalue weighted by Gasteiger charge is 2.27. The molecule has 0 fully saturated rings. The average molecular weight is 293 g/mol. The zero-order chi connectivity index (χ0) is 14.8. The molecule has 0 saturated carbocycles. The molecule has 1 unspecified atom stereocenters. The quantitative estimate of drug-likeness (QED) is 0.890. The van der Waals surface area contributed by atoms with E-state index >= 15 is 0 Å². The van der Waals surface area contributed by atoms with Crippen molar-refractivity contribution < 1.29 is 14.3 Å². The van der Waals surface area contributed by atoms with Crippen molar-refractivity contribution >= 4 is 17.2 Å². The van der Waals surface area contributed by atoms with Crippen LogP contribution in [-0.2, 0) is 5.60 Å². The Balaban J connectivity index is 2.04. The molecule has 4 nitrogen and oxygen atoms in total. The molecule has 0 bridgehead atoms. The van der Waals surface area contributed by atoms with Crippen molar-refractivity contribution in [3.8, 4) is 0 Å². The van der Waals surface area contributed by atoms with Gasteiger partial charge in [-0.2, -0.15) is 0 Å². The molecule has 0 radical (unpaired) electrons. The maximum atomic E-state index is 12.2. The number of amides is 1. The Hall–Kier alpha value is -1.59. The molecule has 0 spiro atoms. The summed E-state index contributed by atoms with van der Waals surface area (Å²) in [7, 11) is 0. The Bertz CT molecular complexity index is 570. The minimum absolute atomic E-state index is 0.106. The standard InChI is InChI=1S/C15H19NO3S/c1-10(2)11-6-8-20-13(11)14(17)16-9-15(3,18)12-5-4-7-19-12/h4-8,10,18H,9H2,1-3H3,(H,16,17). The van der Waals surface area contributed by atoms with Crippen LogP contribution in [0.3, 0.4) is 0 Å². The average Bonchev–Trinajstić information content (AvgIpc) is 3.06. The monoisotopic (exact) mass is 293 g/mol. The number of thiophene rings is 1. The Morgan fingerprint density at radius 3 is 2.85 bits per heavy atom. The van der Waals surface area contributed by atoms with Gasteiger partial charge in [0.2, 0.25) is 0 Å². The molecule has 0 saturated heterocycles. The molecule has 0 aliphatic carbocycles. The number of hydrogen-bond donors (Lipinski definition) is 2. The number of furan rings is 1. The second kappa shape index (κ2) is 5.81. The SMILES string of the molecule is CC(C)c1ccsc1C(=O)NCC(C)(O)c1ccco1. The Kier molecular flexibility index (Phi) is 4.30. The van der Waals surface area contributed by atoms with Crippen molar-refractivity contribution in [2.45, 2.75) is 32.3 Å². The van der Waals surface area contributed by atoms with Crippen LogP contribution in [0.1, 0.15) is 47.7 Å². The van der Waals surface area contributed by atoms with E-state index in [2.05, 4.69) is 19.2 Å². The third-order valence-corrected chi connectivity index (χ3v) is 4.10. The molecule has 0 aliphatic heterocycles. The van der Waals surface area contributed by atoms with Crippen LogP contribution in [0.15, 0.2) is 34.3 Å². The third-order valence-electron chi connectivity index (χ3n) is 3.17. The first kappa shape index (κ1) is 14.8. The van der Waals surface area contributed by atoms with Crippen LogP contribution in [0.25, 0.3) is 0 Å². The molecular formula is C15H19NO3S. The summed E-state index contributed by atoms with van der Waals surface area (Å²) >= 11 is 1.42. The van der Waals surface area contributed by atoms with E-state index in [1.807, 2.05) is 11.4 Å². The van der Waals surface area contributed by atoms with Crippen molar-refractivity contribution in [3.63, 3.8) is 0 Å². The van der Waals surface area contributed by atoms with Crippen LogP contribution >= 0.6 is 11.3 Å². The maximum absolute atomic E-state index is 12.2. The van der Waals surface area contributed by atoms with E-state index in [1.165, 1.54) is 17.6 Å². The highest BCUT2D eigenvalue weighted by Crippen LogP contribution is 2.25. The van der Waals surface area contributed by atoms with Crippen LogP contribution in [0.2, 0.25) is 0 Å². The molecule has 1 amide bonds. The second-order valence-electron chi connectivity index (χ2n) is 5.29. The van der Waals surface area contributed by atoms with Crippen molar-refractivity contribution in [2.75, 3.05) is 6.54 Å². The molecule has 2 rings (SSSR count). The fraction of sp³-hybridized carbons (Fsp3) is 0.400. The van der Waals surface area contributed by atoms with Gasteiger partial charge in [-0.1, -0.05) is 13.8 Å². The molecule has 108 valence electrons. The van der Waals surface area contributed by atoms with Gasteiger partial charge in [0.05, 0.1) is 17.7 Å². The summed E-state index contributed by atoms with van der Waals surface area (Å²) in [6, 6.07) is 5.37. The first-order chi connectivity index (χ1) is 9.42. The minimum atomic E-state index is -1.21. The topological polar surface area (TPSA) is 62.5 Å². The largest absolute Gasteiger partial charge is 0.466 e. The van der Waals surface area contributed by atoms with E-state index in [0.29, 0.717) is 16.6 Å². The first-order valence-corrected chi connectivity index (χ1v) is 7.41. The van der Waals surface area contributed by atoms with Crippen LogP contribution in [0.4, 0.5) is 0 Å². The molecule has 0 aliphatic rings. The molecule has 1 atom stereocenters. The van der Waals surface area contributed by atoms with Gasteiger partial charge in [-0.15, -0.1) is 11.3 Å². The van der Waals surface area contributed by atoms with Gasteiger partial charge < -0.3 is 14.8 Å². The van der Waals surface area contributed by atoms with Gasteiger partial charge in [-0.25, -0.2) is 0 Å². The van der Waals surface area contributed by atoms with Gasteiger partial charge in [0.15, 0.2) is 0 Å². The van der Waals surface area contributed by atoms with E-state index in [-0.39, 0.29) is 12.5 Å². The summed E-state index contributed by atoms with van der Waals surface area (Å²) in [6.07, 6.45) is 1.50. The molecule has 2 N–H and O–H groups in total. The first-order valence-electron chi connectivity index (χ1n) is 6.54. The predicted octanol–water partition coefficient (Wildman–Crippen LogP) is 3.10. The number of hydrogen-bond acceptors (Lipinski definition) is 4. The number of nitrogens with one attached hydrogen (secondary N) is 1. The summed E-state index contributed by atoms with van der Waals surface area (Å²) in [5, 5.41) is 15.0. The second-order valence-corrected chi connectivity index (χ2v) is 6.21. The number of rotatable bonds is 5. The van der Waals surface area contributed by atoms with E-state index in [1.54, 1.807) is 19.1 Å². The fourth-order valence-corrected chi connectivity index (χ4v) is 2.93. The Morgan fingerprint density at radius 2 is 2.25 bits per heavy atom. The molecule has 2 aromatic heterocycles. The predicted molar refractivity (Wildman–Crippen MR) is 79.0 cm³/mol. The van der Waals surface area contributed by atoms with E-state index in [9.17, 15) is 9.90 Å².